The summed E-state index contributed by atoms with van der Waals surface area (Å²) >= 11 is 0. The average Bonchev–Trinajstić information content (AvgIpc) is 3.29. The summed E-state index contributed by atoms with van der Waals surface area (Å²) in [6.07, 6.45) is -3.08. The van der Waals surface area contributed by atoms with E-state index in [2.05, 4.69) is 20.8 Å². The fourth-order valence-corrected chi connectivity index (χ4v) is 7.62. The first kappa shape index (κ1) is 33.2. The molecule has 2 aromatic carbocycles. The summed E-state index contributed by atoms with van der Waals surface area (Å²) < 4.78 is 89.1. The third-order valence-corrected chi connectivity index (χ3v) is 15.0. The lowest BCUT2D eigenvalue weighted by molar-refractivity contribution is -0.247. The van der Waals surface area contributed by atoms with Crippen LogP contribution in [-0.2, 0) is 47.2 Å². The summed E-state index contributed by atoms with van der Waals surface area (Å²) in [6, 6.07) is 12.6. The van der Waals surface area contributed by atoms with Crippen molar-refractivity contribution in [2.45, 2.75) is 106 Å². The third kappa shape index (κ3) is 6.84. The summed E-state index contributed by atoms with van der Waals surface area (Å²) in [7, 11) is -10.9. The van der Waals surface area contributed by atoms with Crippen molar-refractivity contribution >= 4 is 28.6 Å². The summed E-state index contributed by atoms with van der Waals surface area (Å²) in [5.74, 6) is -1.19. The predicted molar refractivity (Wildman–Crippen MR) is 158 cm³/mol. The van der Waals surface area contributed by atoms with Gasteiger partial charge in [0.1, 0.15) is 18.8 Å². The van der Waals surface area contributed by atoms with E-state index in [1.165, 1.54) is 24.3 Å². The van der Waals surface area contributed by atoms with Crippen molar-refractivity contribution in [1.29, 1.82) is 0 Å². The topological polar surface area (TPSA) is 124 Å². The zero-order chi connectivity index (χ0) is 31.4. The average molecular weight is 643 g/mol. The van der Waals surface area contributed by atoms with Gasteiger partial charge in [0.2, 0.25) is 0 Å². The lowest BCUT2D eigenvalue weighted by Crippen LogP contribution is -2.56. The molecule has 42 heavy (non-hydrogen) atoms. The minimum atomic E-state index is -4.20. The lowest BCUT2D eigenvalue weighted by atomic mass is 9.96. The fourth-order valence-electron chi connectivity index (χ4n) is 4.61. The number of benzene rings is 2. The van der Waals surface area contributed by atoms with Gasteiger partial charge < -0.3 is 18.6 Å². The van der Waals surface area contributed by atoms with Gasteiger partial charge in [-0.1, -0.05) is 56.2 Å². The van der Waals surface area contributed by atoms with E-state index in [1.54, 1.807) is 38.1 Å². The highest BCUT2D eigenvalue weighted by Crippen LogP contribution is 2.50. The number of ether oxygens (including phenoxy) is 3. The molecule has 4 rings (SSSR count). The standard InChI is InChI=1S/C29H42O10S2Si/c1-20-10-14-22(15-11-20)40(30,31)34-18-24-25-29(39-28(6,7)37-25,26(36-24)38-42(8,9)27(3,4)5)19-35-41(32,33)23-16-12-21(2)13-17-23/h10-17,24-26H,18-19H2,1-9H3/t24-,25-,26?,29-/m1/s1. The van der Waals surface area contributed by atoms with Crippen LogP contribution in [-0.4, -0.2) is 68.3 Å². The molecular weight excluding hydrogens is 601 g/mol. The minimum absolute atomic E-state index is 0.00267. The van der Waals surface area contributed by atoms with E-state index in [9.17, 15) is 16.8 Å². The molecular formula is C29H42O10S2Si. The van der Waals surface area contributed by atoms with Gasteiger partial charge >= 0.3 is 0 Å². The highest BCUT2D eigenvalue weighted by atomic mass is 32.2. The maximum absolute atomic E-state index is 13.2. The van der Waals surface area contributed by atoms with Crippen LogP contribution < -0.4 is 0 Å². The van der Waals surface area contributed by atoms with Crippen LogP contribution in [0.15, 0.2) is 58.3 Å². The molecule has 0 radical (unpaired) electrons. The van der Waals surface area contributed by atoms with Gasteiger partial charge in [-0.3, -0.25) is 8.37 Å². The Morgan fingerprint density at radius 1 is 0.833 bits per heavy atom. The molecule has 2 saturated heterocycles. The van der Waals surface area contributed by atoms with E-state index >= 15 is 0 Å². The third-order valence-electron chi connectivity index (χ3n) is 8.02. The quantitative estimate of drug-likeness (QED) is 0.257. The molecule has 234 valence electrons. The van der Waals surface area contributed by atoms with Crippen LogP contribution in [0.5, 0.6) is 0 Å². The number of hydrogen-bond donors (Lipinski definition) is 0. The van der Waals surface area contributed by atoms with Gasteiger partial charge in [0.05, 0.1) is 16.4 Å². The van der Waals surface area contributed by atoms with Crippen LogP contribution in [0.3, 0.4) is 0 Å². The normalized spacial score (nSPS) is 26.4. The summed E-state index contributed by atoms with van der Waals surface area (Å²) in [5.41, 5.74) is 0.262. The highest BCUT2D eigenvalue weighted by Gasteiger charge is 2.68. The van der Waals surface area contributed by atoms with E-state index < -0.39 is 71.7 Å². The van der Waals surface area contributed by atoms with Crippen LogP contribution in [0.1, 0.15) is 45.7 Å². The first-order chi connectivity index (χ1) is 19.2. The van der Waals surface area contributed by atoms with Crippen molar-refractivity contribution in [2.75, 3.05) is 13.2 Å². The number of fused-ring (bicyclic) bond motifs is 1. The molecule has 0 spiro atoms. The molecule has 0 bridgehead atoms. The zero-order valence-electron chi connectivity index (χ0n) is 25.7. The smallest absolute Gasteiger partial charge is 0.297 e. The van der Waals surface area contributed by atoms with Gasteiger partial charge in [0, 0.05) is 0 Å². The monoisotopic (exact) mass is 642 g/mol. The lowest BCUT2D eigenvalue weighted by Gasteiger charge is -2.42. The van der Waals surface area contributed by atoms with Gasteiger partial charge in [-0.25, -0.2) is 0 Å². The molecule has 13 heteroatoms. The van der Waals surface area contributed by atoms with Crippen LogP contribution in [0.25, 0.3) is 0 Å². The Hall–Kier alpha value is -1.68. The number of hydrogen-bond acceptors (Lipinski definition) is 10. The van der Waals surface area contributed by atoms with E-state index in [4.69, 9.17) is 27.0 Å². The Morgan fingerprint density at radius 2 is 1.31 bits per heavy atom. The molecule has 10 nitrogen and oxygen atoms in total. The molecule has 2 fully saturated rings. The molecule has 0 amide bonds. The van der Waals surface area contributed by atoms with Crippen LogP contribution in [0.4, 0.5) is 0 Å². The second kappa shape index (κ2) is 11.3. The van der Waals surface area contributed by atoms with Gasteiger partial charge in [-0.15, -0.1) is 0 Å². The second-order valence-corrected chi connectivity index (χ2v) is 20.9. The van der Waals surface area contributed by atoms with Gasteiger partial charge in [0.25, 0.3) is 20.2 Å². The van der Waals surface area contributed by atoms with E-state index in [0.29, 0.717) is 0 Å². The van der Waals surface area contributed by atoms with Crippen molar-refractivity contribution in [3.05, 3.63) is 59.7 Å². The highest BCUT2D eigenvalue weighted by molar-refractivity contribution is 7.87. The molecule has 0 aliphatic carbocycles. The Morgan fingerprint density at radius 3 is 1.79 bits per heavy atom. The number of aryl methyl sites for hydroxylation is 2. The van der Waals surface area contributed by atoms with Crippen LogP contribution in [0.2, 0.25) is 18.1 Å². The maximum atomic E-state index is 13.2. The van der Waals surface area contributed by atoms with Crippen LogP contribution >= 0.6 is 0 Å². The molecule has 2 aliphatic heterocycles. The van der Waals surface area contributed by atoms with Gasteiger partial charge in [0.15, 0.2) is 26.0 Å². The first-order valence-electron chi connectivity index (χ1n) is 13.8. The van der Waals surface area contributed by atoms with Crippen molar-refractivity contribution in [1.82, 2.24) is 0 Å². The number of rotatable bonds is 10. The van der Waals surface area contributed by atoms with Crippen molar-refractivity contribution in [3.63, 3.8) is 0 Å². The molecule has 0 aromatic heterocycles. The second-order valence-electron chi connectivity index (χ2n) is 13.0. The molecule has 2 aromatic rings. The Labute approximate surface area is 251 Å². The summed E-state index contributed by atoms with van der Waals surface area (Å²) in [4.78, 5) is -0.00745. The summed E-state index contributed by atoms with van der Waals surface area (Å²) in [6.45, 7) is 16.4. The van der Waals surface area contributed by atoms with Gasteiger partial charge in [-0.2, -0.15) is 16.8 Å². The Kier molecular flexibility index (Phi) is 8.98. The molecule has 4 atom stereocenters. The first-order valence-corrected chi connectivity index (χ1v) is 19.5. The molecule has 2 heterocycles. The molecule has 0 saturated carbocycles. The van der Waals surface area contributed by atoms with E-state index in [1.807, 2.05) is 26.9 Å². The fraction of sp³-hybridized carbons (Fsp3) is 0.586. The van der Waals surface area contributed by atoms with E-state index in [-0.39, 0.29) is 14.8 Å². The molecule has 1 unspecified atom stereocenters. The van der Waals surface area contributed by atoms with Crippen molar-refractivity contribution < 1.29 is 43.8 Å². The van der Waals surface area contributed by atoms with E-state index in [0.717, 1.165) is 11.1 Å². The Balaban J connectivity index is 1.67. The minimum Gasteiger partial charge on any atom is -0.390 e. The SMILES string of the molecule is Cc1ccc(S(=O)(=O)OC[C@H]2OC(O[Si](C)(C)C(C)(C)C)[C@]3(COS(=O)(=O)c4ccc(C)cc4)OC(C)(C)O[C@H]23)cc1. The molecule has 2 aliphatic rings. The summed E-state index contributed by atoms with van der Waals surface area (Å²) in [5, 5.41) is -0.236. The zero-order valence-corrected chi connectivity index (χ0v) is 28.3. The maximum Gasteiger partial charge on any atom is 0.297 e. The van der Waals surface area contributed by atoms with Crippen LogP contribution in [0, 0.1) is 13.8 Å². The predicted octanol–water partition coefficient (Wildman–Crippen LogP) is 5.05. The molecule has 0 N–H and O–H groups in total. The van der Waals surface area contributed by atoms with Crippen molar-refractivity contribution in [2.24, 2.45) is 0 Å². The Bertz CT molecular complexity index is 1480. The largest absolute Gasteiger partial charge is 0.390 e. The van der Waals surface area contributed by atoms with Crippen molar-refractivity contribution in [3.8, 4) is 0 Å². The van der Waals surface area contributed by atoms with Gasteiger partial charge in [-0.05, 0) is 70.1 Å².